The van der Waals surface area contributed by atoms with Crippen molar-refractivity contribution in [1.82, 2.24) is 0 Å². The zero-order valence-corrected chi connectivity index (χ0v) is 13.8. The van der Waals surface area contributed by atoms with Gasteiger partial charge in [0, 0.05) is 11.3 Å². The number of rotatable bonds is 4. The highest BCUT2D eigenvalue weighted by atomic mass is 32.1. The number of nitrogens with two attached hydrogens (primary N) is 1. The van der Waals surface area contributed by atoms with Crippen molar-refractivity contribution in [3.8, 4) is 0 Å². The van der Waals surface area contributed by atoms with Crippen molar-refractivity contribution in [2.45, 2.75) is 64.2 Å². The van der Waals surface area contributed by atoms with Crippen LogP contribution in [0.4, 0.5) is 5.00 Å². The molecule has 2 aliphatic carbocycles. The molecule has 1 aromatic heterocycles. The maximum atomic E-state index is 12.3. The molecule has 2 aliphatic rings. The van der Waals surface area contributed by atoms with Crippen LogP contribution in [0.5, 0.6) is 0 Å². The van der Waals surface area contributed by atoms with Crippen molar-refractivity contribution >= 4 is 28.2 Å². The van der Waals surface area contributed by atoms with Crippen LogP contribution in [0.15, 0.2) is 0 Å². The van der Waals surface area contributed by atoms with Crippen molar-refractivity contribution < 1.29 is 9.59 Å². The minimum atomic E-state index is -0.410. The molecule has 1 saturated carbocycles. The van der Waals surface area contributed by atoms with Crippen molar-refractivity contribution in [2.24, 2.45) is 11.7 Å². The van der Waals surface area contributed by atoms with Gasteiger partial charge < -0.3 is 11.1 Å². The van der Waals surface area contributed by atoms with Gasteiger partial charge in [-0.15, -0.1) is 11.3 Å². The number of primary amides is 1. The second-order valence-corrected chi connectivity index (χ2v) is 7.64. The molecular formula is C17H24N2O2S. The van der Waals surface area contributed by atoms with Crippen molar-refractivity contribution in [3.05, 3.63) is 16.0 Å². The Kier molecular flexibility index (Phi) is 4.81. The summed E-state index contributed by atoms with van der Waals surface area (Å²) in [5.41, 5.74) is 7.21. The third-order valence-corrected chi connectivity index (χ3v) is 6.08. The third kappa shape index (κ3) is 3.35. The van der Waals surface area contributed by atoms with Crippen LogP contribution in [-0.2, 0) is 17.6 Å². The smallest absolute Gasteiger partial charge is 0.251 e. The number of thiophene rings is 1. The molecule has 5 heteroatoms. The molecule has 3 N–H and O–H groups in total. The Morgan fingerprint density at radius 3 is 2.55 bits per heavy atom. The molecule has 0 radical (unpaired) electrons. The van der Waals surface area contributed by atoms with Crippen molar-refractivity contribution in [1.29, 1.82) is 0 Å². The molecule has 0 atom stereocenters. The number of carbonyl (C=O) groups is 2. The molecule has 0 spiro atoms. The van der Waals surface area contributed by atoms with Gasteiger partial charge in [-0.2, -0.15) is 0 Å². The fraction of sp³-hybridized carbons (Fsp3) is 0.647. The first kappa shape index (κ1) is 15.5. The highest BCUT2D eigenvalue weighted by Gasteiger charge is 2.25. The summed E-state index contributed by atoms with van der Waals surface area (Å²) < 4.78 is 0. The predicted molar refractivity (Wildman–Crippen MR) is 89.3 cm³/mol. The largest absolute Gasteiger partial charge is 0.365 e. The third-order valence-electron chi connectivity index (χ3n) is 4.87. The topological polar surface area (TPSA) is 72.2 Å². The number of fused-ring (bicyclic) bond motifs is 1. The molecule has 0 aromatic carbocycles. The van der Waals surface area contributed by atoms with Gasteiger partial charge >= 0.3 is 0 Å². The molecule has 1 heterocycles. The van der Waals surface area contributed by atoms with Gasteiger partial charge in [0.1, 0.15) is 5.00 Å². The van der Waals surface area contributed by atoms with E-state index in [9.17, 15) is 9.59 Å². The lowest BCUT2D eigenvalue weighted by molar-refractivity contribution is -0.117. The van der Waals surface area contributed by atoms with Gasteiger partial charge in [-0.25, -0.2) is 0 Å². The fourth-order valence-corrected chi connectivity index (χ4v) is 5.06. The van der Waals surface area contributed by atoms with Crippen LogP contribution in [0.25, 0.3) is 0 Å². The highest BCUT2D eigenvalue weighted by molar-refractivity contribution is 7.17. The second-order valence-electron chi connectivity index (χ2n) is 6.54. The average Bonchev–Trinajstić information content (AvgIpc) is 2.85. The zero-order valence-electron chi connectivity index (χ0n) is 13.0. The number of anilines is 1. The molecule has 3 rings (SSSR count). The molecule has 120 valence electrons. The summed E-state index contributed by atoms with van der Waals surface area (Å²) in [5, 5.41) is 3.66. The normalized spacial score (nSPS) is 18.7. The summed E-state index contributed by atoms with van der Waals surface area (Å²) in [7, 11) is 0. The van der Waals surface area contributed by atoms with Crippen LogP contribution < -0.4 is 11.1 Å². The van der Waals surface area contributed by atoms with E-state index in [1.165, 1.54) is 24.1 Å². The lowest BCUT2D eigenvalue weighted by Crippen LogP contribution is -2.21. The summed E-state index contributed by atoms with van der Waals surface area (Å²) in [4.78, 5) is 25.3. The predicted octanol–water partition coefficient (Wildman–Crippen LogP) is 3.63. The summed E-state index contributed by atoms with van der Waals surface area (Å²) in [5.74, 6) is 0.126. The van der Waals surface area contributed by atoms with E-state index in [1.807, 2.05) is 0 Å². The maximum Gasteiger partial charge on any atom is 0.251 e. The Hall–Kier alpha value is -1.36. The van der Waals surface area contributed by atoms with Gasteiger partial charge in [0.15, 0.2) is 0 Å². The average molecular weight is 320 g/mol. The Bertz CT molecular complexity index is 573. The summed E-state index contributed by atoms with van der Waals surface area (Å²) in [6.45, 7) is 0. The monoisotopic (exact) mass is 320 g/mol. The van der Waals surface area contributed by atoms with Crippen LogP contribution in [0.3, 0.4) is 0 Å². The van der Waals surface area contributed by atoms with Crippen LogP contribution in [-0.4, -0.2) is 11.8 Å². The fourth-order valence-electron chi connectivity index (χ4n) is 3.75. The van der Waals surface area contributed by atoms with Gasteiger partial charge in [0.25, 0.3) is 5.91 Å². The Balaban J connectivity index is 1.72. The van der Waals surface area contributed by atoms with Crippen molar-refractivity contribution in [3.63, 3.8) is 0 Å². The minimum absolute atomic E-state index is 0.0352. The lowest BCUT2D eigenvalue weighted by atomic mass is 9.87. The molecular weight excluding hydrogens is 296 g/mol. The molecule has 1 aromatic rings. The summed E-state index contributed by atoms with van der Waals surface area (Å²) in [6, 6.07) is 0. The SMILES string of the molecule is NC(=O)c1c(NC(=O)CC2CCCCC2)sc2c1CCCC2. The first-order valence-corrected chi connectivity index (χ1v) is 9.21. The van der Waals surface area contributed by atoms with E-state index in [4.69, 9.17) is 5.73 Å². The highest BCUT2D eigenvalue weighted by Crippen LogP contribution is 2.38. The van der Waals surface area contributed by atoms with Crippen molar-refractivity contribution in [2.75, 3.05) is 5.32 Å². The maximum absolute atomic E-state index is 12.3. The number of aryl methyl sites for hydroxylation is 1. The van der Waals surface area contributed by atoms with E-state index in [-0.39, 0.29) is 5.91 Å². The van der Waals surface area contributed by atoms with Crippen LogP contribution in [0, 0.1) is 5.92 Å². The molecule has 0 saturated heterocycles. The Morgan fingerprint density at radius 1 is 1.09 bits per heavy atom. The van der Waals surface area contributed by atoms with E-state index in [0.29, 0.717) is 22.9 Å². The van der Waals surface area contributed by atoms with E-state index in [2.05, 4.69) is 5.32 Å². The molecule has 4 nitrogen and oxygen atoms in total. The van der Waals surface area contributed by atoms with Gasteiger partial charge in [-0.1, -0.05) is 19.3 Å². The van der Waals surface area contributed by atoms with E-state index in [0.717, 1.165) is 44.1 Å². The number of hydrogen-bond donors (Lipinski definition) is 2. The van der Waals surface area contributed by atoms with Crippen LogP contribution >= 0.6 is 11.3 Å². The van der Waals surface area contributed by atoms with Gasteiger partial charge in [-0.3, -0.25) is 9.59 Å². The second kappa shape index (κ2) is 6.82. The standard InChI is InChI=1S/C17H24N2O2S/c18-16(21)15-12-8-4-5-9-13(12)22-17(15)19-14(20)10-11-6-2-1-3-7-11/h11H,1-10H2,(H2,18,21)(H,19,20). The first-order valence-electron chi connectivity index (χ1n) is 8.39. The molecule has 0 unspecified atom stereocenters. The minimum Gasteiger partial charge on any atom is -0.365 e. The van der Waals surface area contributed by atoms with E-state index >= 15 is 0 Å². The molecule has 1 fully saturated rings. The molecule has 22 heavy (non-hydrogen) atoms. The molecule has 2 amide bonds. The Labute approximate surface area is 135 Å². The first-order chi connectivity index (χ1) is 10.6. The van der Waals surface area contributed by atoms with Crippen LogP contribution in [0.2, 0.25) is 0 Å². The number of hydrogen-bond acceptors (Lipinski definition) is 3. The molecule has 0 aliphatic heterocycles. The summed E-state index contributed by atoms with van der Waals surface area (Å²) >= 11 is 1.55. The summed E-state index contributed by atoms with van der Waals surface area (Å²) in [6.07, 6.45) is 10.8. The zero-order chi connectivity index (χ0) is 15.5. The van der Waals surface area contributed by atoms with Gasteiger partial charge in [-0.05, 0) is 50.0 Å². The van der Waals surface area contributed by atoms with Gasteiger partial charge in [0.05, 0.1) is 5.56 Å². The lowest BCUT2D eigenvalue weighted by Gasteiger charge is -2.20. The van der Waals surface area contributed by atoms with Crippen LogP contribution in [0.1, 0.15) is 72.2 Å². The number of carbonyl (C=O) groups excluding carboxylic acids is 2. The quantitative estimate of drug-likeness (QED) is 0.889. The molecule has 0 bridgehead atoms. The van der Waals surface area contributed by atoms with E-state index < -0.39 is 5.91 Å². The van der Waals surface area contributed by atoms with E-state index in [1.54, 1.807) is 11.3 Å². The number of nitrogens with one attached hydrogen (secondary N) is 1. The van der Waals surface area contributed by atoms with Gasteiger partial charge in [0.2, 0.25) is 5.91 Å². The number of amides is 2. The Morgan fingerprint density at radius 2 is 1.82 bits per heavy atom.